The average molecular weight is 319 g/mol. The lowest BCUT2D eigenvalue weighted by molar-refractivity contribution is 0.393. The van der Waals surface area contributed by atoms with E-state index in [1.54, 1.807) is 6.20 Å². The molecule has 3 rings (SSSR count). The third-order valence-electron chi connectivity index (χ3n) is 2.98. The number of rotatable bonds is 1. The third kappa shape index (κ3) is 1.98. The molecule has 2 N–H and O–H groups in total. The molecule has 0 radical (unpaired) electrons. The minimum Gasteiger partial charge on any atom is -0.368 e. The highest BCUT2D eigenvalue weighted by Crippen LogP contribution is 2.33. The van der Waals surface area contributed by atoms with Gasteiger partial charge in [-0.3, -0.25) is 0 Å². The van der Waals surface area contributed by atoms with Gasteiger partial charge in [0.1, 0.15) is 5.76 Å². The first-order chi connectivity index (χ1) is 9.06. The first kappa shape index (κ1) is 12.1. The van der Waals surface area contributed by atoms with Gasteiger partial charge in [0.15, 0.2) is 0 Å². The van der Waals surface area contributed by atoms with Gasteiger partial charge in [0, 0.05) is 21.6 Å². The van der Waals surface area contributed by atoms with Crippen molar-refractivity contribution in [1.29, 1.82) is 0 Å². The van der Waals surface area contributed by atoms with Crippen LogP contribution in [0.2, 0.25) is 0 Å². The maximum absolute atomic E-state index is 5.61. The number of hydrogen-bond donors (Lipinski definition) is 1. The lowest BCUT2D eigenvalue weighted by Crippen LogP contribution is -1.95. The Hall–Kier alpha value is -1.95. The number of nitrogens with zero attached hydrogens (tertiary/aromatic N) is 3. The molecule has 6 heteroatoms. The van der Waals surface area contributed by atoms with E-state index in [-0.39, 0.29) is 5.95 Å². The second kappa shape index (κ2) is 4.31. The molecule has 3 aromatic rings. The summed E-state index contributed by atoms with van der Waals surface area (Å²) in [6.45, 7) is 3.82. The molecule has 2 aromatic heterocycles. The largest absolute Gasteiger partial charge is 0.368 e. The summed E-state index contributed by atoms with van der Waals surface area (Å²) in [7, 11) is 0. The van der Waals surface area contributed by atoms with E-state index in [4.69, 9.17) is 10.3 Å². The second-order valence-electron chi connectivity index (χ2n) is 4.32. The Morgan fingerprint density at radius 1 is 1.26 bits per heavy atom. The van der Waals surface area contributed by atoms with Crippen LogP contribution in [-0.2, 0) is 0 Å². The number of fused-ring (bicyclic) bond motifs is 1. The van der Waals surface area contributed by atoms with Crippen LogP contribution in [0.25, 0.3) is 22.0 Å². The van der Waals surface area contributed by atoms with Crippen LogP contribution in [0.15, 0.2) is 27.3 Å². The van der Waals surface area contributed by atoms with E-state index in [0.717, 1.165) is 38.0 Å². The summed E-state index contributed by atoms with van der Waals surface area (Å²) >= 11 is 3.52. The van der Waals surface area contributed by atoms with E-state index < -0.39 is 0 Å². The molecule has 5 nitrogen and oxygen atoms in total. The van der Waals surface area contributed by atoms with Gasteiger partial charge in [-0.1, -0.05) is 5.16 Å². The van der Waals surface area contributed by atoms with Gasteiger partial charge in [0.25, 0.3) is 0 Å². The van der Waals surface area contributed by atoms with Crippen molar-refractivity contribution in [2.45, 2.75) is 13.8 Å². The number of hydrogen-bond acceptors (Lipinski definition) is 5. The van der Waals surface area contributed by atoms with Gasteiger partial charge in [0.2, 0.25) is 5.95 Å². The van der Waals surface area contributed by atoms with Gasteiger partial charge < -0.3 is 10.3 Å². The maximum atomic E-state index is 5.61. The van der Waals surface area contributed by atoms with Crippen LogP contribution in [0.5, 0.6) is 0 Å². The lowest BCUT2D eigenvalue weighted by Gasteiger charge is -2.05. The first-order valence-electron chi connectivity index (χ1n) is 5.71. The Morgan fingerprint density at radius 2 is 2.05 bits per heavy atom. The molecule has 0 aliphatic carbocycles. The highest BCUT2D eigenvalue weighted by molar-refractivity contribution is 9.10. The van der Waals surface area contributed by atoms with Gasteiger partial charge in [-0.2, -0.15) is 0 Å². The van der Waals surface area contributed by atoms with Crippen molar-refractivity contribution in [3.63, 3.8) is 0 Å². The summed E-state index contributed by atoms with van der Waals surface area (Å²) in [5.74, 6) is 1.05. The molecule has 0 saturated carbocycles. The predicted molar refractivity (Wildman–Crippen MR) is 76.6 cm³/mol. The average Bonchev–Trinajstić information content (AvgIpc) is 2.70. The summed E-state index contributed by atoms with van der Waals surface area (Å²) in [4.78, 5) is 8.25. The van der Waals surface area contributed by atoms with Gasteiger partial charge in [-0.25, -0.2) is 9.97 Å². The molecule has 1 aromatic carbocycles. The van der Waals surface area contributed by atoms with Crippen molar-refractivity contribution in [2.75, 3.05) is 5.73 Å². The van der Waals surface area contributed by atoms with E-state index in [0.29, 0.717) is 0 Å². The first-order valence-corrected chi connectivity index (χ1v) is 6.50. The predicted octanol–water partition coefficient (Wildman–Crippen LogP) is 3.25. The number of anilines is 1. The molecule has 0 unspecified atom stereocenters. The number of nitrogen functional groups attached to an aromatic ring is 1. The Balaban J connectivity index is 2.30. The van der Waals surface area contributed by atoms with Crippen LogP contribution in [0, 0.1) is 13.8 Å². The van der Waals surface area contributed by atoms with Crippen LogP contribution in [0.4, 0.5) is 5.95 Å². The normalized spacial score (nSPS) is 11.1. The molecule has 0 amide bonds. The van der Waals surface area contributed by atoms with Crippen molar-refractivity contribution >= 4 is 32.8 Å². The summed E-state index contributed by atoms with van der Waals surface area (Å²) in [5, 5.41) is 4.89. The smallest absolute Gasteiger partial charge is 0.220 e. The maximum Gasteiger partial charge on any atom is 0.220 e. The van der Waals surface area contributed by atoms with Crippen molar-refractivity contribution < 1.29 is 4.52 Å². The molecule has 0 fully saturated rings. The minimum atomic E-state index is 0.262. The van der Waals surface area contributed by atoms with E-state index in [1.165, 1.54) is 0 Å². The van der Waals surface area contributed by atoms with Crippen LogP contribution < -0.4 is 5.73 Å². The molecule has 96 valence electrons. The Labute approximate surface area is 118 Å². The van der Waals surface area contributed by atoms with Crippen LogP contribution in [-0.4, -0.2) is 15.1 Å². The second-order valence-corrected chi connectivity index (χ2v) is 5.18. The van der Waals surface area contributed by atoms with E-state index >= 15 is 0 Å². The fourth-order valence-corrected chi connectivity index (χ4v) is 2.72. The van der Waals surface area contributed by atoms with E-state index in [1.807, 2.05) is 26.0 Å². The number of nitrogens with two attached hydrogens (primary N) is 1. The molecule has 0 aliphatic heterocycles. The van der Waals surface area contributed by atoms with Crippen molar-refractivity contribution in [3.8, 4) is 11.1 Å². The van der Waals surface area contributed by atoms with Crippen molar-refractivity contribution in [1.82, 2.24) is 15.1 Å². The Bertz CT molecular complexity index is 762. The van der Waals surface area contributed by atoms with Gasteiger partial charge in [-0.05, 0) is 47.5 Å². The van der Waals surface area contributed by atoms with Gasteiger partial charge in [-0.15, -0.1) is 0 Å². The molecule has 0 saturated heterocycles. The molecular formula is C13H11BrN4O. The zero-order valence-electron chi connectivity index (χ0n) is 10.4. The quantitative estimate of drug-likeness (QED) is 0.745. The summed E-state index contributed by atoms with van der Waals surface area (Å²) in [6, 6.07) is 3.99. The molecule has 0 spiro atoms. The SMILES string of the molecule is Cc1noc(C)c1-c1cc(Br)c2nc(N)ncc2c1. The number of aromatic nitrogens is 3. The molecule has 0 bridgehead atoms. The summed E-state index contributed by atoms with van der Waals surface area (Å²) in [5.41, 5.74) is 9.28. The summed E-state index contributed by atoms with van der Waals surface area (Å²) < 4.78 is 6.07. The molecule has 0 atom stereocenters. The standard InChI is InChI=1S/C13H11BrN4O/c1-6-11(7(2)19-18-6)8-3-9-5-16-13(15)17-12(9)10(14)4-8/h3-5H,1-2H3,(H2,15,16,17). The number of aryl methyl sites for hydroxylation is 2. The Kier molecular flexibility index (Phi) is 2.74. The fraction of sp³-hybridized carbons (Fsp3) is 0.154. The third-order valence-corrected chi connectivity index (χ3v) is 3.58. The molecular weight excluding hydrogens is 308 g/mol. The molecule has 0 aliphatic rings. The van der Waals surface area contributed by atoms with Gasteiger partial charge >= 0.3 is 0 Å². The number of halogens is 1. The van der Waals surface area contributed by atoms with Gasteiger partial charge in [0.05, 0.1) is 11.2 Å². The van der Waals surface area contributed by atoms with Crippen molar-refractivity contribution in [3.05, 3.63) is 34.3 Å². The zero-order chi connectivity index (χ0) is 13.6. The lowest BCUT2D eigenvalue weighted by atomic mass is 10.0. The van der Waals surface area contributed by atoms with Crippen LogP contribution >= 0.6 is 15.9 Å². The van der Waals surface area contributed by atoms with Crippen molar-refractivity contribution in [2.24, 2.45) is 0 Å². The van der Waals surface area contributed by atoms with Crippen LogP contribution in [0.1, 0.15) is 11.5 Å². The highest BCUT2D eigenvalue weighted by atomic mass is 79.9. The Morgan fingerprint density at radius 3 is 2.74 bits per heavy atom. The topological polar surface area (TPSA) is 77.8 Å². The van der Waals surface area contributed by atoms with E-state index in [9.17, 15) is 0 Å². The van der Waals surface area contributed by atoms with E-state index in [2.05, 4.69) is 31.1 Å². The highest BCUT2D eigenvalue weighted by Gasteiger charge is 2.14. The fourth-order valence-electron chi connectivity index (χ4n) is 2.16. The molecule has 2 heterocycles. The number of benzene rings is 1. The summed E-state index contributed by atoms with van der Waals surface area (Å²) in [6.07, 6.45) is 1.71. The molecule has 19 heavy (non-hydrogen) atoms. The monoisotopic (exact) mass is 318 g/mol. The van der Waals surface area contributed by atoms with Crippen LogP contribution in [0.3, 0.4) is 0 Å². The minimum absolute atomic E-state index is 0.262. The zero-order valence-corrected chi connectivity index (χ0v) is 12.0.